The molecule has 1 saturated heterocycles. The van der Waals surface area contributed by atoms with E-state index in [1.54, 1.807) is 18.3 Å². The lowest BCUT2D eigenvalue weighted by Crippen LogP contribution is -2.53. The number of carbonyl (C=O) groups is 1. The summed E-state index contributed by atoms with van der Waals surface area (Å²) in [4.78, 5) is 19.5. The summed E-state index contributed by atoms with van der Waals surface area (Å²) in [7, 11) is 1.28. The fraction of sp³-hybridized carbons (Fsp3) is 0.500. The van der Waals surface area contributed by atoms with Crippen molar-refractivity contribution in [3.05, 3.63) is 41.2 Å². The predicted molar refractivity (Wildman–Crippen MR) is 128 cm³/mol. The zero-order chi connectivity index (χ0) is 24.7. The lowest BCUT2D eigenvalue weighted by Gasteiger charge is -2.32. The smallest absolute Gasteiger partial charge is 0.419 e. The molecule has 3 atom stereocenters. The average Bonchev–Trinajstić information content (AvgIpc) is 3.57. The maximum Gasteiger partial charge on any atom is 0.419 e. The van der Waals surface area contributed by atoms with Crippen molar-refractivity contribution in [1.82, 2.24) is 20.9 Å². The number of ether oxygens (including phenoxy) is 1. The van der Waals surface area contributed by atoms with Crippen molar-refractivity contribution in [3.8, 4) is 0 Å². The predicted octanol–water partition coefficient (Wildman–Crippen LogP) is 4.08. The maximum absolute atomic E-state index is 14.0. The molecule has 0 radical (unpaired) electrons. The van der Waals surface area contributed by atoms with E-state index in [9.17, 15) is 18.0 Å². The zero-order valence-corrected chi connectivity index (χ0v) is 19.6. The molecule has 2 fully saturated rings. The van der Waals surface area contributed by atoms with Crippen LogP contribution in [-0.4, -0.2) is 55.0 Å². The Morgan fingerprint density at radius 3 is 2.66 bits per heavy atom. The number of alkyl halides is 3. The third kappa shape index (κ3) is 4.87. The van der Waals surface area contributed by atoms with Crippen molar-refractivity contribution in [2.75, 3.05) is 19.0 Å². The number of piperidine rings is 1. The number of rotatable bonds is 5. The standard InChI is InChI=1S/C24H29F3N6O2/c1-12-3-6-14(9-28-12)31-22-30-11-17(24(25,26)27)20(33-22)16-10-29-21-15(16)7-8-18(32-23(34)35-2)19(21)13-4-5-13/h7-8,10-14,22,28-31H,3-6,9H2,1-2H3,(H,32,34). The van der Waals surface area contributed by atoms with Gasteiger partial charge in [0.2, 0.25) is 0 Å². The van der Waals surface area contributed by atoms with Crippen LogP contribution in [0.15, 0.2) is 35.1 Å². The minimum Gasteiger partial charge on any atom is -0.453 e. The lowest BCUT2D eigenvalue weighted by molar-refractivity contribution is -0.0867. The van der Waals surface area contributed by atoms with Crippen LogP contribution in [-0.2, 0) is 4.74 Å². The summed E-state index contributed by atoms with van der Waals surface area (Å²) in [5.74, 6) is 0.223. The van der Waals surface area contributed by atoms with Crippen LogP contribution < -0.4 is 21.3 Å². The molecule has 188 valence electrons. The molecule has 11 heteroatoms. The summed E-state index contributed by atoms with van der Waals surface area (Å²) in [6, 6.07) is 3.96. The van der Waals surface area contributed by atoms with Crippen LogP contribution in [0, 0.1) is 0 Å². The molecule has 3 aliphatic rings. The number of H-pyrrole nitrogens is 1. The van der Waals surface area contributed by atoms with E-state index in [1.165, 1.54) is 7.11 Å². The van der Waals surface area contributed by atoms with Gasteiger partial charge in [-0.05, 0) is 44.6 Å². The number of hydrogen-bond donors (Lipinski definition) is 5. The fourth-order valence-corrected chi connectivity index (χ4v) is 4.83. The minimum atomic E-state index is -4.58. The summed E-state index contributed by atoms with van der Waals surface area (Å²) < 4.78 is 46.7. The van der Waals surface area contributed by atoms with Gasteiger partial charge in [0.05, 0.1) is 23.9 Å². The molecular weight excluding hydrogens is 461 g/mol. The average molecular weight is 491 g/mol. The van der Waals surface area contributed by atoms with Crippen molar-refractivity contribution in [2.45, 2.75) is 63.1 Å². The molecule has 1 aromatic heterocycles. The fourth-order valence-electron chi connectivity index (χ4n) is 4.83. The Hall–Kier alpha value is -3.05. The molecule has 1 aliphatic carbocycles. The number of anilines is 1. The van der Waals surface area contributed by atoms with Gasteiger partial charge in [-0.25, -0.2) is 9.79 Å². The van der Waals surface area contributed by atoms with E-state index < -0.39 is 24.1 Å². The largest absolute Gasteiger partial charge is 0.453 e. The molecule has 8 nitrogen and oxygen atoms in total. The molecule has 5 N–H and O–H groups in total. The SMILES string of the molecule is COC(=O)Nc1ccc2c(C3=NC(NC4CCC(C)NC4)NC=C3C(F)(F)F)c[nH]c2c1C1CC1. The number of nitrogens with zero attached hydrogens (tertiary/aromatic N) is 1. The highest BCUT2D eigenvalue weighted by Crippen LogP contribution is 2.47. The summed E-state index contributed by atoms with van der Waals surface area (Å²) in [6.07, 6.45) is 0.529. The Balaban J connectivity index is 1.52. The van der Waals surface area contributed by atoms with Gasteiger partial charge in [-0.2, -0.15) is 13.2 Å². The molecule has 35 heavy (non-hydrogen) atoms. The summed E-state index contributed by atoms with van der Waals surface area (Å²) in [5, 5.41) is 12.8. The normalized spacial score (nSPS) is 25.0. The number of halogens is 3. The topological polar surface area (TPSA) is 103 Å². The second-order valence-electron chi connectivity index (χ2n) is 9.40. The Labute approximate surface area is 200 Å². The van der Waals surface area contributed by atoms with Crippen LogP contribution in [0.25, 0.3) is 10.9 Å². The molecule has 2 aromatic rings. The number of carbonyl (C=O) groups excluding carboxylic acids is 1. The second kappa shape index (κ2) is 9.19. The van der Waals surface area contributed by atoms with Crippen LogP contribution in [0.2, 0.25) is 0 Å². The first-order valence-corrected chi connectivity index (χ1v) is 11.8. The number of nitrogens with one attached hydrogen (secondary N) is 5. The number of fused-ring (bicyclic) bond motifs is 1. The van der Waals surface area contributed by atoms with E-state index in [4.69, 9.17) is 4.74 Å². The van der Waals surface area contributed by atoms with Gasteiger partial charge >= 0.3 is 12.3 Å². The maximum atomic E-state index is 14.0. The van der Waals surface area contributed by atoms with Gasteiger partial charge in [-0.15, -0.1) is 0 Å². The number of hydrogen-bond acceptors (Lipinski definition) is 6. The van der Waals surface area contributed by atoms with Crippen molar-refractivity contribution in [3.63, 3.8) is 0 Å². The molecule has 1 aromatic carbocycles. The van der Waals surface area contributed by atoms with Crippen LogP contribution >= 0.6 is 0 Å². The minimum absolute atomic E-state index is 0.103. The number of allylic oxidation sites excluding steroid dienone is 1. The Morgan fingerprint density at radius 1 is 1.20 bits per heavy atom. The van der Waals surface area contributed by atoms with Crippen LogP contribution in [0.4, 0.5) is 23.7 Å². The number of methoxy groups -OCH3 is 1. The molecular formula is C24H29F3N6O2. The van der Waals surface area contributed by atoms with Crippen LogP contribution in [0.1, 0.15) is 49.7 Å². The van der Waals surface area contributed by atoms with Gasteiger partial charge < -0.3 is 20.4 Å². The van der Waals surface area contributed by atoms with Gasteiger partial charge in [-0.1, -0.05) is 6.07 Å². The van der Waals surface area contributed by atoms with Gasteiger partial charge in [0, 0.05) is 53.2 Å². The third-order valence-electron chi connectivity index (χ3n) is 6.82. The van der Waals surface area contributed by atoms with E-state index >= 15 is 0 Å². The van der Waals surface area contributed by atoms with Gasteiger partial charge in [0.25, 0.3) is 0 Å². The van der Waals surface area contributed by atoms with E-state index in [1.807, 2.05) is 0 Å². The molecule has 1 saturated carbocycles. The number of benzene rings is 1. The van der Waals surface area contributed by atoms with Crippen molar-refractivity contribution >= 4 is 28.4 Å². The number of aromatic amines is 1. The van der Waals surface area contributed by atoms with Gasteiger partial charge in [-0.3, -0.25) is 10.6 Å². The molecule has 5 rings (SSSR count). The van der Waals surface area contributed by atoms with Crippen molar-refractivity contribution < 1.29 is 22.7 Å². The highest BCUT2D eigenvalue weighted by atomic mass is 19.4. The van der Waals surface area contributed by atoms with Crippen LogP contribution in [0.3, 0.4) is 0 Å². The van der Waals surface area contributed by atoms with Gasteiger partial charge in [0.15, 0.2) is 6.29 Å². The first-order chi connectivity index (χ1) is 16.7. The lowest BCUT2D eigenvalue weighted by atomic mass is 9.97. The van der Waals surface area contributed by atoms with E-state index in [0.29, 0.717) is 28.2 Å². The van der Waals surface area contributed by atoms with E-state index in [0.717, 1.165) is 44.0 Å². The number of aromatic nitrogens is 1. The summed E-state index contributed by atoms with van der Waals surface area (Å²) >= 11 is 0. The Morgan fingerprint density at radius 2 is 2.00 bits per heavy atom. The highest BCUT2D eigenvalue weighted by molar-refractivity contribution is 6.20. The molecule has 1 amide bonds. The van der Waals surface area contributed by atoms with Crippen molar-refractivity contribution in [2.24, 2.45) is 4.99 Å². The highest BCUT2D eigenvalue weighted by Gasteiger charge is 2.41. The van der Waals surface area contributed by atoms with Crippen LogP contribution in [0.5, 0.6) is 0 Å². The second-order valence-corrected chi connectivity index (χ2v) is 9.40. The first-order valence-electron chi connectivity index (χ1n) is 11.8. The quantitative estimate of drug-likeness (QED) is 0.435. The molecule has 0 spiro atoms. The number of aliphatic imine (C=N–C) groups is 1. The summed E-state index contributed by atoms with van der Waals surface area (Å²) in [6.45, 7) is 2.84. The Kier molecular flexibility index (Phi) is 6.22. The molecule has 0 bridgehead atoms. The van der Waals surface area contributed by atoms with Gasteiger partial charge in [0.1, 0.15) is 0 Å². The van der Waals surface area contributed by atoms with E-state index in [2.05, 4.69) is 38.2 Å². The number of amides is 1. The molecule has 2 aliphatic heterocycles. The van der Waals surface area contributed by atoms with E-state index in [-0.39, 0.29) is 17.7 Å². The Bertz CT molecular complexity index is 1180. The first kappa shape index (κ1) is 23.7. The molecule has 3 unspecified atom stereocenters. The molecule has 3 heterocycles. The summed E-state index contributed by atoms with van der Waals surface area (Å²) in [5.41, 5.74) is 1.61. The van der Waals surface area contributed by atoms with Crippen molar-refractivity contribution in [1.29, 1.82) is 0 Å². The monoisotopic (exact) mass is 490 g/mol. The third-order valence-corrected chi connectivity index (χ3v) is 6.82. The zero-order valence-electron chi connectivity index (χ0n) is 19.6.